The number of tetrazole rings is 1. The molecule has 8 heteroatoms. The highest BCUT2D eigenvalue weighted by atomic mass is 32.2. The van der Waals surface area contributed by atoms with E-state index in [0.29, 0.717) is 12.3 Å². The number of benzene rings is 1. The molecule has 0 aliphatic rings. The molecule has 1 amide bonds. The number of para-hydroxylation sites is 1. The van der Waals surface area contributed by atoms with Crippen molar-refractivity contribution in [3.8, 4) is 5.69 Å². The van der Waals surface area contributed by atoms with Crippen LogP contribution in [-0.4, -0.2) is 31.4 Å². The maximum atomic E-state index is 12.2. The normalized spacial score (nSPS) is 12.0. The summed E-state index contributed by atoms with van der Waals surface area (Å²) in [6.07, 6.45) is 0. The van der Waals surface area contributed by atoms with Crippen molar-refractivity contribution in [1.82, 2.24) is 25.5 Å². The first-order valence-corrected chi connectivity index (χ1v) is 9.41. The third kappa shape index (κ3) is 4.21. The van der Waals surface area contributed by atoms with Crippen LogP contribution in [0.4, 0.5) is 0 Å². The largest absolute Gasteiger partial charge is 0.350 e. The number of thioether (sulfide) groups is 1. The molecule has 0 saturated carbocycles. The van der Waals surface area contributed by atoms with Gasteiger partial charge in [-0.3, -0.25) is 4.79 Å². The SMILES string of the molecule is CC(SCc1nnnn1-c1ccccc1)C(=O)NCc1cccs1. The van der Waals surface area contributed by atoms with Crippen LogP contribution in [0.25, 0.3) is 5.69 Å². The fraction of sp³-hybridized carbons (Fsp3) is 0.250. The van der Waals surface area contributed by atoms with Gasteiger partial charge >= 0.3 is 0 Å². The van der Waals surface area contributed by atoms with Gasteiger partial charge in [0.25, 0.3) is 0 Å². The predicted molar refractivity (Wildman–Crippen MR) is 96.1 cm³/mol. The number of hydrogen-bond donors (Lipinski definition) is 1. The van der Waals surface area contributed by atoms with Gasteiger partial charge in [-0.15, -0.1) is 28.2 Å². The van der Waals surface area contributed by atoms with E-state index in [-0.39, 0.29) is 11.2 Å². The number of rotatable bonds is 7. The quantitative estimate of drug-likeness (QED) is 0.702. The lowest BCUT2D eigenvalue weighted by atomic mass is 10.3. The number of nitrogens with zero attached hydrogens (tertiary/aromatic N) is 4. The van der Waals surface area contributed by atoms with Gasteiger partial charge in [-0.1, -0.05) is 24.3 Å². The van der Waals surface area contributed by atoms with E-state index >= 15 is 0 Å². The highest BCUT2D eigenvalue weighted by Crippen LogP contribution is 2.18. The average Bonchev–Trinajstić information content (AvgIpc) is 3.29. The monoisotopic (exact) mass is 359 g/mol. The molecule has 0 radical (unpaired) electrons. The molecule has 2 aromatic heterocycles. The molecule has 1 atom stereocenters. The molecule has 124 valence electrons. The molecule has 6 nitrogen and oxygen atoms in total. The zero-order chi connectivity index (χ0) is 16.8. The van der Waals surface area contributed by atoms with E-state index in [2.05, 4.69) is 20.8 Å². The molecule has 0 aliphatic carbocycles. The lowest BCUT2D eigenvalue weighted by Gasteiger charge is -2.11. The second kappa shape index (κ2) is 8.07. The number of carbonyl (C=O) groups is 1. The van der Waals surface area contributed by atoms with E-state index in [4.69, 9.17) is 0 Å². The second-order valence-corrected chi connectivity index (χ2v) is 7.45. The minimum atomic E-state index is -0.175. The fourth-order valence-corrected chi connectivity index (χ4v) is 3.53. The van der Waals surface area contributed by atoms with Crippen LogP contribution in [-0.2, 0) is 17.1 Å². The summed E-state index contributed by atoms with van der Waals surface area (Å²) in [5, 5.41) is 16.6. The van der Waals surface area contributed by atoms with Crippen LogP contribution in [0.5, 0.6) is 0 Å². The molecule has 2 heterocycles. The van der Waals surface area contributed by atoms with E-state index in [1.165, 1.54) is 11.8 Å². The van der Waals surface area contributed by atoms with Crippen LogP contribution < -0.4 is 5.32 Å². The molecule has 0 fully saturated rings. The van der Waals surface area contributed by atoms with Gasteiger partial charge in [-0.25, -0.2) is 0 Å². The Bertz CT molecular complexity index is 773. The lowest BCUT2D eigenvalue weighted by molar-refractivity contribution is -0.120. The average molecular weight is 359 g/mol. The Morgan fingerprint density at radius 2 is 2.12 bits per heavy atom. The van der Waals surface area contributed by atoms with Crippen LogP contribution in [0, 0.1) is 0 Å². The Morgan fingerprint density at radius 1 is 1.29 bits per heavy atom. The van der Waals surface area contributed by atoms with Crippen LogP contribution in [0.15, 0.2) is 47.8 Å². The number of thiophene rings is 1. The van der Waals surface area contributed by atoms with Crippen molar-refractivity contribution in [3.05, 3.63) is 58.5 Å². The predicted octanol–water partition coefficient (Wildman–Crippen LogP) is 2.66. The third-order valence-electron chi connectivity index (χ3n) is 3.38. The van der Waals surface area contributed by atoms with E-state index in [9.17, 15) is 4.79 Å². The Kier molecular flexibility index (Phi) is 5.60. The molecule has 24 heavy (non-hydrogen) atoms. The van der Waals surface area contributed by atoms with Gasteiger partial charge in [-0.05, 0) is 40.9 Å². The highest BCUT2D eigenvalue weighted by molar-refractivity contribution is 7.99. The molecule has 0 saturated heterocycles. The summed E-state index contributed by atoms with van der Waals surface area (Å²) >= 11 is 3.15. The fourth-order valence-electron chi connectivity index (χ4n) is 2.07. The molecule has 3 aromatic rings. The Hall–Kier alpha value is -2.19. The van der Waals surface area contributed by atoms with Crippen LogP contribution in [0.2, 0.25) is 0 Å². The van der Waals surface area contributed by atoms with E-state index in [1.54, 1.807) is 16.0 Å². The van der Waals surface area contributed by atoms with Crippen molar-refractivity contribution in [2.45, 2.75) is 24.5 Å². The minimum absolute atomic E-state index is 0.0205. The van der Waals surface area contributed by atoms with Gasteiger partial charge in [0.05, 0.1) is 23.2 Å². The van der Waals surface area contributed by atoms with Crippen molar-refractivity contribution in [2.24, 2.45) is 0 Å². The number of hydrogen-bond acceptors (Lipinski definition) is 6. The van der Waals surface area contributed by atoms with Crippen LogP contribution in [0.3, 0.4) is 0 Å². The second-order valence-electron chi connectivity index (χ2n) is 5.09. The van der Waals surface area contributed by atoms with Gasteiger partial charge in [0, 0.05) is 4.88 Å². The van der Waals surface area contributed by atoms with Crippen LogP contribution in [0.1, 0.15) is 17.6 Å². The van der Waals surface area contributed by atoms with E-state index in [0.717, 1.165) is 16.4 Å². The molecule has 0 aliphatic heterocycles. The van der Waals surface area contributed by atoms with Crippen molar-refractivity contribution in [1.29, 1.82) is 0 Å². The lowest BCUT2D eigenvalue weighted by Crippen LogP contribution is -2.30. The smallest absolute Gasteiger partial charge is 0.233 e. The summed E-state index contributed by atoms with van der Waals surface area (Å²) in [7, 11) is 0. The summed E-state index contributed by atoms with van der Waals surface area (Å²) in [6.45, 7) is 2.47. The van der Waals surface area contributed by atoms with Gasteiger partial charge in [0.15, 0.2) is 5.82 Å². The van der Waals surface area contributed by atoms with Crippen molar-refractivity contribution in [2.75, 3.05) is 0 Å². The first-order valence-electron chi connectivity index (χ1n) is 7.48. The number of aromatic nitrogens is 4. The molecule has 3 rings (SSSR count). The van der Waals surface area contributed by atoms with E-state index in [1.807, 2.05) is 54.8 Å². The van der Waals surface area contributed by atoms with Gasteiger partial charge in [-0.2, -0.15) is 4.68 Å². The first kappa shape index (κ1) is 16.7. The van der Waals surface area contributed by atoms with Crippen molar-refractivity contribution < 1.29 is 4.79 Å². The topological polar surface area (TPSA) is 72.7 Å². The van der Waals surface area contributed by atoms with E-state index < -0.39 is 0 Å². The highest BCUT2D eigenvalue weighted by Gasteiger charge is 2.16. The minimum Gasteiger partial charge on any atom is -0.350 e. The standard InChI is InChI=1S/C16H17N5OS2/c1-12(16(22)17-10-14-8-5-9-23-14)24-11-15-18-19-20-21(15)13-6-3-2-4-7-13/h2-9,12H,10-11H2,1H3,(H,17,22). The van der Waals surface area contributed by atoms with Gasteiger partial charge in [0.2, 0.25) is 5.91 Å². The number of nitrogens with one attached hydrogen (secondary N) is 1. The van der Waals surface area contributed by atoms with Gasteiger partial charge < -0.3 is 5.32 Å². The number of carbonyl (C=O) groups excluding carboxylic acids is 1. The van der Waals surface area contributed by atoms with Crippen molar-refractivity contribution >= 4 is 29.0 Å². The van der Waals surface area contributed by atoms with Crippen molar-refractivity contribution in [3.63, 3.8) is 0 Å². The third-order valence-corrected chi connectivity index (χ3v) is 5.40. The maximum absolute atomic E-state index is 12.2. The molecular formula is C16H17N5OS2. The Morgan fingerprint density at radius 3 is 2.88 bits per heavy atom. The first-order chi connectivity index (χ1) is 11.7. The molecule has 0 spiro atoms. The summed E-state index contributed by atoms with van der Waals surface area (Å²) < 4.78 is 1.70. The molecule has 1 aromatic carbocycles. The summed E-state index contributed by atoms with van der Waals surface area (Å²) in [6, 6.07) is 13.7. The summed E-state index contributed by atoms with van der Waals surface area (Å²) in [5.41, 5.74) is 0.910. The summed E-state index contributed by atoms with van der Waals surface area (Å²) in [4.78, 5) is 13.3. The molecular weight excluding hydrogens is 342 g/mol. The Labute approximate surface area is 148 Å². The zero-order valence-electron chi connectivity index (χ0n) is 13.1. The summed E-state index contributed by atoms with van der Waals surface area (Å²) in [5.74, 6) is 1.31. The number of amides is 1. The zero-order valence-corrected chi connectivity index (χ0v) is 14.8. The Balaban J connectivity index is 1.54. The molecule has 1 unspecified atom stereocenters. The molecule has 0 bridgehead atoms. The van der Waals surface area contributed by atoms with Crippen LogP contribution >= 0.6 is 23.1 Å². The molecule has 1 N–H and O–H groups in total. The van der Waals surface area contributed by atoms with Gasteiger partial charge in [0.1, 0.15) is 0 Å². The maximum Gasteiger partial charge on any atom is 0.233 e.